The van der Waals surface area contributed by atoms with Crippen LogP contribution in [0.15, 0.2) is 35.3 Å². The van der Waals surface area contributed by atoms with Gasteiger partial charge in [0, 0.05) is 57.6 Å². The molecule has 2 aliphatic rings. The number of guanidine groups is 1. The lowest BCUT2D eigenvalue weighted by Gasteiger charge is -2.37. The smallest absolute Gasteiger partial charge is 0.251 e. The second-order valence-corrected chi connectivity index (χ2v) is 8.11. The minimum Gasteiger partial charge on any atom is -0.368 e. The van der Waals surface area contributed by atoms with Gasteiger partial charge in [-0.05, 0) is 38.8 Å². The standard InChI is InChI=1S/C23H32N6O2.HI/c1-17-20(18(2)29(26-17)19-8-5-4-6-9-19)16-25-23(24-3)28-13-11-27(12-14-28)22(30)21-10-7-15-31-21;/h4-6,8-9,21H,7,10-16H2,1-3H3,(H,24,25);1H. The van der Waals surface area contributed by atoms with Crippen molar-refractivity contribution in [3.05, 3.63) is 47.3 Å². The predicted molar refractivity (Wildman–Crippen MR) is 136 cm³/mol. The summed E-state index contributed by atoms with van der Waals surface area (Å²) in [5, 5.41) is 8.23. The summed E-state index contributed by atoms with van der Waals surface area (Å²) in [5.74, 6) is 0.996. The molecule has 1 atom stereocenters. The third-order valence-electron chi connectivity index (χ3n) is 6.17. The van der Waals surface area contributed by atoms with E-state index in [1.807, 2.05) is 34.7 Å². The molecule has 0 radical (unpaired) electrons. The number of halogens is 1. The number of hydrogen-bond donors (Lipinski definition) is 1. The van der Waals surface area contributed by atoms with Crippen molar-refractivity contribution in [1.29, 1.82) is 0 Å². The number of aliphatic imine (C=N–C) groups is 1. The maximum absolute atomic E-state index is 12.6. The van der Waals surface area contributed by atoms with Crippen LogP contribution in [0, 0.1) is 13.8 Å². The molecule has 1 amide bonds. The lowest BCUT2D eigenvalue weighted by molar-refractivity contribution is -0.142. The molecule has 0 bridgehead atoms. The van der Waals surface area contributed by atoms with Crippen LogP contribution in [0.2, 0.25) is 0 Å². The molecule has 2 aromatic rings. The number of hydrogen-bond acceptors (Lipinski definition) is 4. The van der Waals surface area contributed by atoms with E-state index in [1.54, 1.807) is 7.05 Å². The van der Waals surface area contributed by atoms with Crippen LogP contribution in [0.25, 0.3) is 5.69 Å². The van der Waals surface area contributed by atoms with Crippen molar-refractivity contribution in [2.24, 2.45) is 4.99 Å². The minimum absolute atomic E-state index is 0. The highest BCUT2D eigenvalue weighted by molar-refractivity contribution is 14.0. The molecule has 4 rings (SSSR count). The number of ether oxygens (including phenoxy) is 1. The Kier molecular flexibility index (Phi) is 8.52. The molecule has 1 aromatic carbocycles. The number of piperazine rings is 1. The van der Waals surface area contributed by atoms with Crippen molar-refractivity contribution in [2.45, 2.75) is 39.3 Å². The molecule has 3 heterocycles. The zero-order valence-corrected chi connectivity index (χ0v) is 21.4. The Morgan fingerprint density at radius 3 is 2.47 bits per heavy atom. The molecule has 2 saturated heterocycles. The van der Waals surface area contributed by atoms with E-state index >= 15 is 0 Å². The summed E-state index contributed by atoms with van der Waals surface area (Å²) < 4.78 is 7.55. The van der Waals surface area contributed by atoms with E-state index in [1.165, 1.54) is 5.56 Å². The van der Waals surface area contributed by atoms with Crippen molar-refractivity contribution in [3.63, 3.8) is 0 Å². The van der Waals surface area contributed by atoms with Crippen molar-refractivity contribution in [2.75, 3.05) is 39.8 Å². The molecule has 9 heteroatoms. The molecule has 0 saturated carbocycles. The number of amides is 1. The summed E-state index contributed by atoms with van der Waals surface area (Å²) in [5.41, 5.74) is 4.37. The topological polar surface area (TPSA) is 75.0 Å². The number of carbonyl (C=O) groups is 1. The number of benzene rings is 1. The molecular weight excluding hydrogens is 519 g/mol. The Morgan fingerprint density at radius 1 is 1.16 bits per heavy atom. The van der Waals surface area contributed by atoms with E-state index in [2.05, 4.69) is 34.3 Å². The highest BCUT2D eigenvalue weighted by Crippen LogP contribution is 2.18. The van der Waals surface area contributed by atoms with Gasteiger partial charge in [0.15, 0.2) is 5.96 Å². The summed E-state index contributed by atoms with van der Waals surface area (Å²) in [6, 6.07) is 10.2. The zero-order valence-electron chi connectivity index (χ0n) is 19.1. The van der Waals surface area contributed by atoms with E-state index in [4.69, 9.17) is 9.84 Å². The van der Waals surface area contributed by atoms with Gasteiger partial charge in [0.25, 0.3) is 5.91 Å². The number of nitrogens with one attached hydrogen (secondary N) is 1. The number of rotatable bonds is 4. The largest absolute Gasteiger partial charge is 0.368 e. The molecule has 174 valence electrons. The van der Waals surface area contributed by atoms with Gasteiger partial charge in [-0.25, -0.2) is 4.68 Å². The van der Waals surface area contributed by atoms with Gasteiger partial charge in [-0.3, -0.25) is 9.79 Å². The number of aromatic nitrogens is 2. The van der Waals surface area contributed by atoms with Gasteiger partial charge in [-0.2, -0.15) is 5.10 Å². The summed E-state index contributed by atoms with van der Waals surface area (Å²) in [6.45, 7) is 8.42. The third-order valence-corrected chi connectivity index (χ3v) is 6.17. The van der Waals surface area contributed by atoms with Gasteiger partial charge < -0.3 is 19.9 Å². The number of carbonyl (C=O) groups excluding carboxylic acids is 1. The van der Waals surface area contributed by atoms with Crippen molar-refractivity contribution < 1.29 is 9.53 Å². The number of para-hydroxylation sites is 1. The summed E-state index contributed by atoms with van der Waals surface area (Å²) >= 11 is 0. The van der Waals surface area contributed by atoms with Gasteiger partial charge in [0.1, 0.15) is 6.10 Å². The van der Waals surface area contributed by atoms with Gasteiger partial charge in [-0.1, -0.05) is 18.2 Å². The van der Waals surface area contributed by atoms with E-state index < -0.39 is 0 Å². The summed E-state index contributed by atoms with van der Waals surface area (Å²) in [6.07, 6.45) is 1.58. The average molecular weight is 552 g/mol. The molecule has 1 unspecified atom stereocenters. The van der Waals surface area contributed by atoms with Crippen LogP contribution in [0.1, 0.15) is 29.8 Å². The van der Waals surface area contributed by atoms with Crippen LogP contribution in [-0.4, -0.2) is 77.4 Å². The lowest BCUT2D eigenvalue weighted by atomic mass is 10.2. The maximum Gasteiger partial charge on any atom is 0.251 e. The number of aryl methyl sites for hydroxylation is 1. The fourth-order valence-corrected chi connectivity index (χ4v) is 4.37. The average Bonchev–Trinajstić information content (AvgIpc) is 3.44. The first-order chi connectivity index (χ1) is 15.1. The second-order valence-electron chi connectivity index (χ2n) is 8.11. The molecule has 0 aliphatic carbocycles. The normalized spacial score (nSPS) is 19.1. The highest BCUT2D eigenvalue weighted by Gasteiger charge is 2.31. The SMILES string of the molecule is CN=C(NCc1c(C)nn(-c2ccccc2)c1C)N1CCN(C(=O)C2CCCO2)CC1.I. The maximum atomic E-state index is 12.6. The molecular formula is C23H33IN6O2. The molecule has 0 spiro atoms. The molecule has 1 aromatic heterocycles. The van der Waals surface area contributed by atoms with E-state index in [9.17, 15) is 4.79 Å². The summed E-state index contributed by atoms with van der Waals surface area (Å²) in [4.78, 5) is 21.2. The molecule has 8 nitrogen and oxygen atoms in total. The van der Waals surface area contributed by atoms with Gasteiger partial charge in [-0.15, -0.1) is 24.0 Å². The Hall–Kier alpha value is -2.14. The predicted octanol–water partition coefficient (Wildman–Crippen LogP) is 2.51. The van der Waals surface area contributed by atoms with E-state index in [0.717, 1.165) is 49.0 Å². The van der Waals surface area contributed by atoms with Gasteiger partial charge in [0.2, 0.25) is 0 Å². The van der Waals surface area contributed by atoms with E-state index in [-0.39, 0.29) is 36.0 Å². The fraction of sp³-hybridized carbons (Fsp3) is 0.522. The molecule has 2 aliphatic heterocycles. The summed E-state index contributed by atoms with van der Waals surface area (Å²) in [7, 11) is 1.80. The Balaban J connectivity index is 0.00000289. The van der Waals surface area contributed by atoms with E-state index in [0.29, 0.717) is 26.2 Å². The van der Waals surface area contributed by atoms with Crippen LogP contribution in [0.3, 0.4) is 0 Å². The molecule has 32 heavy (non-hydrogen) atoms. The van der Waals surface area contributed by atoms with Crippen molar-refractivity contribution in [3.8, 4) is 5.69 Å². The van der Waals surface area contributed by atoms with Crippen LogP contribution in [0.5, 0.6) is 0 Å². The first-order valence-corrected chi connectivity index (χ1v) is 11.0. The Labute approximate surface area is 207 Å². The van der Waals surface area contributed by atoms with Crippen LogP contribution >= 0.6 is 24.0 Å². The van der Waals surface area contributed by atoms with Gasteiger partial charge in [0.05, 0.1) is 11.4 Å². The third kappa shape index (κ3) is 5.25. The number of nitrogens with zero attached hydrogens (tertiary/aromatic N) is 5. The highest BCUT2D eigenvalue weighted by atomic mass is 127. The lowest BCUT2D eigenvalue weighted by Crippen LogP contribution is -2.55. The molecule has 1 N–H and O–H groups in total. The quantitative estimate of drug-likeness (QED) is 0.359. The van der Waals surface area contributed by atoms with Crippen LogP contribution in [-0.2, 0) is 16.1 Å². The Morgan fingerprint density at radius 2 is 1.84 bits per heavy atom. The first-order valence-electron chi connectivity index (χ1n) is 11.0. The second kappa shape index (κ2) is 11.1. The zero-order chi connectivity index (χ0) is 21.8. The van der Waals surface area contributed by atoms with Crippen LogP contribution < -0.4 is 5.32 Å². The van der Waals surface area contributed by atoms with Crippen molar-refractivity contribution >= 4 is 35.8 Å². The van der Waals surface area contributed by atoms with Crippen molar-refractivity contribution in [1.82, 2.24) is 24.9 Å². The van der Waals surface area contributed by atoms with Crippen LogP contribution in [0.4, 0.5) is 0 Å². The minimum atomic E-state index is -0.240. The first kappa shape index (κ1) is 24.5. The van der Waals surface area contributed by atoms with Gasteiger partial charge >= 0.3 is 0 Å². The molecule has 2 fully saturated rings. The Bertz CT molecular complexity index is 931. The monoisotopic (exact) mass is 552 g/mol. The fourth-order valence-electron chi connectivity index (χ4n) is 4.37.